The zero-order valence-corrected chi connectivity index (χ0v) is 9.62. The molecule has 0 spiro atoms. The lowest BCUT2D eigenvalue weighted by Crippen LogP contribution is -2.06. The Bertz CT molecular complexity index is 400. The van der Waals surface area contributed by atoms with Crippen molar-refractivity contribution < 1.29 is 9.53 Å². The van der Waals surface area contributed by atoms with Gasteiger partial charge in [-0.1, -0.05) is 0 Å². The average molecular weight is 220 g/mol. The number of hydrogen-bond donors (Lipinski definition) is 1. The van der Waals surface area contributed by atoms with Crippen molar-refractivity contribution >= 4 is 11.6 Å². The summed E-state index contributed by atoms with van der Waals surface area (Å²) < 4.78 is 5.44. The van der Waals surface area contributed by atoms with E-state index in [-0.39, 0.29) is 5.78 Å². The van der Waals surface area contributed by atoms with Crippen LogP contribution in [0.15, 0.2) is 12.3 Å². The monoisotopic (exact) mass is 220 g/mol. The van der Waals surface area contributed by atoms with Crippen LogP contribution in [-0.4, -0.2) is 23.4 Å². The minimum atomic E-state index is -0.0195. The highest BCUT2D eigenvalue weighted by molar-refractivity contribution is 5.96. The average Bonchev–Trinajstić information content (AvgIpc) is 3.02. The van der Waals surface area contributed by atoms with Crippen molar-refractivity contribution in [3.8, 4) is 5.75 Å². The maximum absolute atomic E-state index is 11.3. The van der Waals surface area contributed by atoms with Crippen LogP contribution in [0.3, 0.4) is 0 Å². The molecule has 0 bridgehead atoms. The van der Waals surface area contributed by atoms with Crippen molar-refractivity contribution in [1.29, 1.82) is 0 Å². The van der Waals surface area contributed by atoms with Gasteiger partial charge in [0.05, 0.1) is 12.2 Å². The zero-order chi connectivity index (χ0) is 11.5. The van der Waals surface area contributed by atoms with Gasteiger partial charge < -0.3 is 10.1 Å². The molecule has 0 aliphatic heterocycles. The number of pyridine rings is 1. The molecule has 1 aromatic rings. The summed E-state index contributed by atoms with van der Waals surface area (Å²) >= 11 is 0. The maximum atomic E-state index is 11.3. The van der Waals surface area contributed by atoms with E-state index in [0.29, 0.717) is 24.0 Å². The molecule has 0 atom stereocenters. The highest BCUT2D eigenvalue weighted by atomic mass is 16.5. The largest absolute Gasteiger partial charge is 0.493 e. The molecule has 86 valence electrons. The first-order chi connectivity index (χ1) is 7.70. The molecule has 4 heteroatoms. The number of hydrogen-bond acceptors (Lipinski definition) is 4. The van der Waals surface area contributed by atoms with Crippen molar-refractivity contribution in [2.75, 3.05) is 11.9 Å². The van der Waals surface area contributed by atoms with E-state index in [9.17, 15) is 4.79 Å². The summed E-state index contributed by atoms with van der Waals surface area (Å²) in [6.45, 7) is 3.97. The van der Waals surface area contributed by atoms with Crippen molar-refractivity contribution in [3.05, 3.63) is 17.8 Å². The number of carbonyl (C=O) groups excluding carboxylic acids is 1. The molecule has 1 fully saturated rings. The number of ketones is 1. The van der Waals surface area contributed by atoms with Crippen LogP contribution in [0.25, 0.3) is 0 Å². The third-order valence-corrected chi connectivity index (χ3v) is 2.47. The van der Waals surface area contributed by atoms with E-state index in [4.69, 9.17) is 4.74 Å². The van der Waals surface area contributed by atoms with Gasteiger partial charge in [0.15, 0.2) is 5.78 Å². The summed E-state index contributed by atoms with van der Waals surface area (Å²) in [7, 11) is 0. The molecule has 1 aliphatic carbocycles. The van der Waals surface area contributed by atoms with E-state index in [2.05, 4.69) is 10.3 Å². The Morgan fingerprint density at radius 1 is 1.62 bits per heavy atom. The second-order valence-corrected chi connectivity index (χ2v) is 3.97. The van der Waals surface area contributed by atoms with E-state index < -0.39 is 0 Å². The first-order valence-electron chi connectivity index (χ1n) is 5.61. The number of nitrogens with one attached hydrogen (secondary N) is 1. The summed E-state index contributed by atoms with van der Waals surface area (Å²) in [6, 6.07) is 2.35. The topological polar surface area (TPSA) is 51.2 Å². The van der Waals surface area contributed by atoms with Crippen LogP contribution < -0.4 is 10.1 Å². The lowest BCUT2D eigenvalue weighted by molar-refractivity contribution is 0.101. The van der Waals surface area contributed by atoms with Gasteiger partial charge >= 0.3 is 0 Å². The molecule has 16 heavy (non-hydrogen) atoms. The second-order valence-electron chi connectivity index (χ2n) is 3.97. The summed E-state index contributed by atoms with van der Waals surface area (Å²) in [5.41, 5.74) is 0.545. The molecule has 0 saturated heterocycles. The summed E-state index contributed by atoms with van der Waals surface area (Å²) in [6.07, 6.45) is 3.97. The van der Waals surface area contributed by atoms with Gasteiger partial charge in [0.1, 0.15) is 11.6 Å². The molecule has 0 unspecified atom stereocenters. The Morgan fingerprint density at radius 2 is 2.38 bits per heavy atom. The highest BCUT2D eigenvalue weighted by Gasteiger charge is 2.22. The van der Waals surface area contributed by atoms with Gasteiger partial charge in [0.2, 0.25) is 0 Å². The minimum absolute atomic E-state index is 0.0195. The lowest BCUT2D eigenvalue weighted by Gasteiger charge is -2.10. The molecule has 1 heterocycles. The predicted octanol–water partition coefficient (Wildman–Crippen LogP) is 2.26. The standard InChI is InChI=1S/C12H16N2O2/c1-3-16-11-6-12(14-9-4-5-9)13-7-10(11)8(2)15/h6-7,9H,3-5H2,1-2H3,(H,13,14). The number of Topliss-reactive ketones (excluding diaryl/α,β-unsaturated/α-hetero) is 1. The van der Waals surface area contributed by atoms with Gasteiger partial charge in [0.25, 0.3) is 0 Å². The molecule has 1 N–H and O–H groups in total. The number of anilines is 1. The van der Waals surface area contributed by atoms with E-state index in [0.717, 1.165) is 5.82 Å². The molecule has 0 amide bonds. The van der Waals surface area contributed by atoms with Crippen LogP contribution in [-0.2, 0) is 0 Å². The van der Waals surface area contributed by atoms with Crippen LogP contribution in [0, 0.1) is 0 Å². The Hall–Kier alpha value is -1.58. The predicted molar refractivity (Wildman–Crippen MR) is 62.1 cm³/mol. The van der Waals surface area contributed by atoms with Crippen LogP contribution in [0.1, 0.15) is 37.0 Å². The molecule has 1 aromatic heterocycles. The van der Waals surface area contributed by atoms with Gasteiger partial charge in [-0.3, -0.25) is 4.79 Å². The molecule has 1 aliphatic rings. The lowest BCUT2D eigenvalue weighted by atomic mass is 10.2. The number of carbonyl (C=O) groups is 1. The Labute approximate surface area is 95.0 Å². The smallest absolute Gasteiger partial charge is 0.165 e. The van der Waals surface area contributed by atoms with Gasteiger partial charge in [-0.05, 0) is 26.7 Å². The highest BCUT2D eigenvalue weighted by Crippen LogP contribution is 2.27. The van der Waals surface area contributed by atoms with Gasteiger partial charge in [-0.15, -0.1) is 0 Å². The summed E-state index contributed by atoms with van der Waals surface area (Å²) in [4.78, 5) is 15.6. The van der Waals surface area contributed by atoms with Gasteiger partial charge in [0, 0.05) is 18.3 Å². The fourth-order valence-electron chi connectivity index (χ4n) is 1.49. The third kappa shape index (κ3) is 2.51. The fraction of sp³-hybridized carbons (Fsp3) is 0.500. The third-order valence-electron chi connectivity index (χ3n) is 2.47. The normalized spacial score (nSPS) is 14.6. The number of aromatic nitrogens is 1. The minimum Gasteiger partial charge on any atom is -0.493 e. The second kappa shape index (κ2) is 4.51. The molecule has 0 aromatic carbocycles. The molecule has 2 rings (SSSR count). The van der Waals surface area contributed by atoms with Crippen molar-refractivity contribution in [2.24, 2.45) is 0 Å². The SMILES string of the molecule is CCOc1cc(NC2CC2)ncc1C(C)=O. The molecule has 4 nitrogen and oxygen atoms in total. The maximum Gasteiger partial charge on any atom is 0.165 e. The molecule has 0 radical (unpaired) electrons. The van der Waals surface area contributed by atoms with E-state index >= 15 is 0 Å². The van der Waals surface area contributed by atoms with E-state index in [1.165, 1.54) is 19.8 Å². The van der Waals surface area contributed by atoms with Gasteiger partial charge in [-0.2, -0.15) is 0 Å². The quantitative estimate of drug-likeness (QED) is 0.773. The van der Waals surface area contributed by atoms with Gasteiger partial charge in [-0.25, -0.2) is 4.98 Å². The van der Waals surface area contributed by atoms with Crippen LogP contribution in [0.2, 0.25) is 0 Å². The molecule has 1 saturated carbocycles. The van der Waals surface area contributed by atoms with Crippen molar-refractivity contribution in [3.63, 3.8) is 0 Å². The van der Waals surface area contributed by atoms with Crippen LogP contribution in [0.4, 0.5) is 5.82 Å². The molecular formula is C12H16N2O2. The first-order valence-corrected chi connectivity index (χ1v) is 5.61. The molecular weight excluding hydrogens is 204 g/mol. The van der Waals surface area contributed by atoms with Crippen LogP contribution >= 0.6 is 0 Å². The summed E-state index contributed by atoms with van der Waals surface area (Å²) in [5, 5.41) is 3.28. The summed E-state index contributed by atoms with van der Waals surface area (Å²) in [5.74, 6) is 1.39. The fourth-order valence-corrected chi connectivity index (χ4v) is 1.49. The van der Waals surface area contributed by atoms with Crippen molar-refractivity contribution in [2.45, 2.75) is 32.7 Å². The van der Waals surface area contributed by atoms with E-state index in [1.807, 2.05) is 6.92 Å². The Balaban J connectivity index is 2.22. The van der Waals surface area contributed by atoms with E-state index in [1.54, 1.807) is 12.3 Å². The zero-order valence-electron chi connectivity index (χ0n) is 9.62. The number of ether oxygens (including phenoxy) is 1. The Morgan fingerprint density at radius 3 is 2.94 bits per heavy atom. The number of nitrogens with zero attached hydrogens (tertiary/aromatic N) is 1. The number of rotatable bonds is 5. The van der Waals surface area contributed by atoms with Crippen molar-refractivity contribution in [1.82, 2.24) is 4.98 Å². The first kappa shape index (κ1) is 10.9. The Kier molecular flexibility index (Phi) is 3.08. The van der Waals surface area contributed by atoms with Crippen LogP contribution in [0.5, 0.6) is 5.75 Å².